The lowest BCUT2D eigenvalue weighted by molar-refractivity contribution is -0.121. The van der Waals surface area contributed by atoms with Gasteiger partial charge in [0.05, 0.1) is 23.5 Å². The van der Waals surface area contributed by atoms with Crippen LogP contribution < -0.4 is 9.47 Å². The van der Waals surface area contributed by atoms with Gasteiger partial charge in [0.1, 0.15) is 0 Å². The number of amides is 1. The number of halogens is 1. The molecule has 2 aromatic rings. The van der Waals surface area contributed by atoms with Gasteiger partial charge in [0.25, 0.3) is 15.9 Å². The van der Waals surface area contributed by atoms with Crippen molar-refractivity contribution in [3.63, 3.8) is 0 Å². The lowest BCUT2D eigenvalue weighted by Gasteiger charge is -2.12. The van der Waals surface area contributed by atoms with Crippen LogP contribution in [0.1, 0.15) is 51.0 Å². The fourth-order valence-corrected chi connectivity index (χ4v) is 6.19. The van der Waals surface area contributed by atoms with Crippen LogP contribution in [0.3, 0.4) is 0 Å². The van der Waals surface area contributed by atoms with Crippen LogP contribution >= 0.6 is 27.7 Å². The predicted molar refractivity (Wildman–Crippen MR) is 158 cm³/mol. The summed E-state index contributed by atoms with van der Waals surface area (Å²) < 4.78 is 42.0. The first-order valence-corrected chi connectivity index (χ1v) is 15.6. The Hall–Kier alpha value is -2.56. The second kappa shape index (κ2) is 14.6. The Labute approximate surface area is 238 Å². The van der Waals surface area contributed by atoms with Crippen molar-refractivity contribution in [3.8, 4) is 11.5 Å². The minimum Gasteiger partial charge on any atom is -0.493 e. The lowest BCUT2D eigenvalue weighted by atomic mass is 10.1. The Balaban J connectivity index is 1.80. The smallest absolute Gasteiger partial charge is 0.284 e. The first-order chi connectivity index (χ1) is 18.3. The van der Waals surface area contributed by atoms with Gasteiger partial charge in [-0.3, -0.25) is 9.69 Å². The van der Waals surface area contributed by atoms with E-state index in [2.05, 4.69) is 33.8 Å². The van der Waals surface area contributed by atoms with E-state index in [0.29, 0.717) is 23.0 Å². The Morgan fingerprint density at radius 3 is 2.45 bits per heavy atom. The third-order valence-electron chi connectivity index (χ3n) is 5.75. The molecule has 38 heavy (non-hydrogen) atoms. The third-order valence-corrected chi connectivity index (χ3v) is 8.68. The van der Waals surface area contributed by atoms with Crippen LogP contribution in [0.4, 0.5) is 0 Å². The van der Waals surface area contributed by atoms with E-state index in [0.717, 1.165) is 34.6 Å². The van der Waals surface area contributed by atoms with E-state index in [1.54, 1.807) is 31.4 Å². The number of nitrogens with zero attached hydrogens (tertiary/aromatic N) is 2. The van der Waals surface area contributed by atoms with Gasteiger partial charge in [0.2, 0.25) is 0 Å². The molecule has 1 fully saturated rings. The van der Waals surface area contributed by atoms with Gasteiger partial charge in [-0.05, 0) is 66.2 Å². The number of carbonyl (C=O) groups is 1. The van der Waals surface area contributed by atoms with E-state index in [4.69, 9.17) is 9.47 Å². The van der Waals surface area contributed by atoms with Gasteiger partial charge in [-0.1, -0.05) is 67.1 Å². The fourth-order valence-electron chi connectivity index (χ4n) is 3.74. The molecule has 1 aliphatic rings. The van der Waals surface area contributed by atoms with Crippen molar-refractivity contribution >= 4 is 54.9 Å². The van der Waals surface area contributed by atoms with Gasteiger partial charge in [-0.2, -0.15) is 8.42 Å². The first kappa shape index (κ1) is 30.0. The molecule has 1 saturated heterocycles. The van der Waals surface area contributed by atoms with Crippen molar-refractivity contribution in [3.05, 3.63) is 70.1 Å². The van der Waals surface area contributed by atoms with Crippen LogP contribution in [0.2, 0.25) is 0 Å². The summed E-state index contributed by atoms with van der Waals surface area (Å²) in [6.07, 6.45) is 10.2. The fraction of sp³-hybridized carbons (Fsp3) is 0.357. The molecule has 1 aliphatic heterocycles. The third kappa shape index (κ3) is 8.22. The number of rotatable bonds is 14. The molecule has 7 nitrogen and oxygen atoms in total. The Bertz CT molecular complexity index is 1290. The molecule has 0 radical (unpaired) electrons. The van der Waals surface area contributed by atoms with Crippen molar-refractivity contribution in [2.45, 2.75) is 50.3 Å². The molecule has 3 rings (SSSR count). The highest BCUT2D eigenvalue weighted by Crippen LogP contribution is 2.35. The highest BCUT2D eigenvalue weighted by molar-refractivity contribution is 9.10. The average molecular weight is 622 g/mol. The molecule has 0 saturated carbocycles. The van der Waals surface area contributed by atoms with E-state index in [1.165, 1.54) is 48.8 Å². The normalized spacial score (nSPS) is 15.9. The summed E-state index contributed by atoms with van der Waals surface area (Å²) in [7, 11) is -2.43. The van der Waals surface area contributed by atoms with E-state index >= 15 is 0 Å². The number of ether oxygens (including phenoxy) is 2. The van der Waals surface area contributed by atoms with E-state index in [1.807, 2.05) is 12.1 Å². The molecule has 0 bridgehead atoms. The zero-order valence-electron chi connectivity index (χ0n) is 21.7. The Morgan fingerprint density at radius 1 is 1.05 bits per heavy atom. The maximum atomic E-state index is 13.2. The predicted octanol–water partition coefficient (Wildman–Crippen LogP) is 7.04. The van der Waals surface area contributed by atoms with Crippen LogP contribution in [-0.4, -0.2) is 44.7 Å². The maximum absolute atomic E-state index is 13.2. The second-order valence-corrected chi connectivity index (χ2v) is 12.2. The average Bonchev–Trinajstić information content (AvgIpc) is 3.17. The number of hydrogen-bond donors (Lipinski definition) is 0. The summed E-state index contributed by atoms with van der Waals surface area (Å²) in [4.78, 5) is 14.9. The zero-order valence-corrected chi connectivity index (χ0v) is 24.9. The molecule has 10 heteroatoms. The minimum absolute atomic E-state index is 0.0412. The highest BCUT2D eigenvalue weighted by atomic mass is 79.9. The minimum atomic E-state index is -4.01. The van der Waals surface area contributed by atoms with E-state index < -0.39 is 10.0 Å². The van der Waals surface area contributed by atoms with Gasteiger partial charge in [0.15, 0.2) is 16.7 Å². The van der Waals surface area contributed by atoms with Crippen LogP contribution in [0.25, 0.3) is 6.08 Å². The van der Waals surface area contributed by atoms with Crippen molar-refractivity contribution < 1.29 is 22.7 Å². The lowest BCUT2D eigenvalue weighted by Crippen LogP contribution is -2.29. The molecular weight excluding hydrogens is 588 g/mol. The molecule has 0 spiro atoms. The second-order valence-electron chi connectivity index (χ2n) is 8.64. The number of amidine groups is 1. The topological polar surface area (TPSA) is 85.3 Å². The molecule has 0 aromatic heterocycles. The highest BCUT2D eigenvalue weighted by Gasteiger charge is 2.34. The summed E-state index contributed by atoms with van der Waals surface area (Å²) >= 11 is 4.31. The van der Waals surface area contributed by atoms with Gasteiger partial charge in [-0.25, -0.2) is 0 Å². The number of methoxy groups -OCH3 is 1. The van der Waals surface area contributed by atoms with Gasteiger partial charge in [0, 0.05) is 11.0 Å². The van der Waals surface area contributed by atoms with Gasteiger partial charge < -0.3 is 9.47 Å². The largest absolute Gasteiger partial charge is 0.493 e. The summed E-state index contributed by atoms with van der Waals surface area (Å²) in [5.41, 5.74) is 0.732. The molecule has 1 heterocycles. The Morgan fingerprint density at radius 2 is 1.76 bits per heavy atom. The van der Waals surface area contributed by atoms with Crippen molar-refractivity contribution in [1.82, 2.24) is 4.90 Å². The molecule has 0 aliphatic carbocycles. The molecule has 0 unspecified atom stereocenters. The zero-order chi connectivity index (χ0) is 27.5. The summed E-state index contributed by atoms with van der Waals surface area (Å²) in [5, 5.41) is 0.0807. The van der Waals surface area contributed by atoms with Crippen LogP contribution in [0.5, 0.6) is 11.5 Å². The van der Waals surface area contributed by atoms with Gasteiger partial charge in [-0.15, -0.1) is 11.0 Å². The van der Waals surface area contributed by atoms with E-state index in [9.17, 15) is 13.2 Å². The van der Waals surface area contributed by atoms with Crippen molar-refractivity contribution in [2.75, 3.05) is 20.3 Å². The number of sulfonamides is 1. The number of carbonyl (C=O) groups excluding carboxylic acids is 1. The SMILES string of the molecule is C=CCN1C(=O)/C(=C/c2ccc(OC)c(OCCCCCCCC)c2)SC1=NS(=O)(=O)c1ccc(Br)cc1. The molecule has 2 aromatic carbocycles. The monoisotopic (exact) mass is 620 g/mol. The summed E-state index contributed by atoms with van der Waals surface area (Å²) in [6, 6.07) is 11.6. The Kier molecular flexibility index (Phi) is 11.5. The molecule has 204 valence electrons. The first-order valence-electron chi connectivity index (χ1n) is 12.5. The number of benzene rings is 2. The molecular formula is C28H33BrN2O5S2. The van der Waals surface area contributed by atoms with Crippen molar-refractivity contribution in [1.29, 1.82) is 0 Å². The van der Waals surface area contributed by atoms with Crippen LogP contribution in [-0.2, 0) is 14.8 Å². The number of unbranched alkanes of at least 4 members (excludes halogenated alkanes) is 5. The van der Waals surface area contributed by atoms with Crippen molar-refractivity contribution in [2.24, 2.45) is 4.40 Å². The van der Waals surface area contributed by atoms with Gasteiger partial charge >= 0.3 is 0 Å². The molecule has 1 amide bonds. The van der Waals surface area contributed by atoms with Crippen LogP contribution in [0, 0.1) is 0 Å². The van der Waals surface area contributed by atoms with Crippen LogP contribution in [0.15, 0.2) is 73.8 Å². The molecule has 0 N–H and O–H groups in total. The summed E-state index contributed by atoms with van der Waals surface area (Å²) in [5.74, 6) is 0.866. The maximum Gasteiger partial charge on any atom is 0.284 e. The standard InChI is InChI=1S/C28H33BrN2O5S2/c1-4-6-7-8-9-10-18-36-25-19-21(11-16-24(25)35-3)20-26-27(32)31(17-5-2)28(37-26)30-38(33,34)23-14-12-22(29)13-15-23/h5,11-16,19-20H,2,4,6-10,17-18H2,1,3H3/b26-20-,30-28?. The molecule has 0 atom stereocenters. The number of hydrogen-bond acceptors (Lipinski definition) is 6. The van der Waals surface area contributed by atoms with E-state index in [-0.39, 0.29) is 22.5 Å². The quantitative estimate of drug-likeness (QED) is 0.128. The number of thioether (sulfide) groups is 1. The summed E-state index contributed by atoms with van der Waals surface area (Å²) in [6.45, 7) is 6.60.